The van der Waals surface area contributed by atoms with E-state index < -0.39 is 25.3 Å². The highest BCUT2D eigenvalue weighted by Crippen LogP contribution is 2.01. The van der Waals surface area contributed by atoms with Crippen molar-refractivity contribution in [3.63, 3.8) is 0 Å². The van der Waals surface area contributed by atoms with Crippen LogP contribution >= 0.6 is 0 Å². The number of rotatable bonds is 12. The molecule has 0 aliphatic carbocycles. The molecule has 0 saturated heterocycles. The summed E-state index contributed by atoms with van der Waals surface area (Å²) in [6, 6.07) is -0.137. The van der Waals surface area contributed by atoms with Crippen molar-refractivity contribution in [1.82, 2.24) is 5.32 Å². The second-order valence-corrected chi connectivity index (χ2v) is 7.14. The van der Waals surface area contributed by atoms with Crippen LogP contribution in [0.5, 0.6) is 0 Å². The summed E-state index contributed by atoms with van der Waals surface area (Å²) < 4.78 is 39.2. The monoisotopic (exact) mass is 334 g/mol. The molecular weight excluding hydrogens is 314 g/mol. The molecule has 0 bridgehead atoms. The molecule has 5 N–H and O–H groups in total. The summed E-state index contributed by atoms with van der Waals surface area (Å²) in [6.45, 7) is 0.0122. The highest BCUT2D eigenvalue weighted by Gasteiger charge is 2.25. The Morgan fingerprint density at radius 1 is 1.25 bits per heavy atom. The lowest BCUT2D eigenvalue weighted by atomic mass is 10.4. The number of hydrogen-bond acceptors (Lipinski definition) is 10. The molecule has 0 aromatic heterocycles. The average molecular weight is 334 g/mol. The van der Waals surface area contributed by atoms with Gasteiger partial charge in [0.05, 0.1) is 19.3 Å². The Bertz CT molecular complexity index is 344. The Hall–Kier alpha value is -0.153. The minimum absolute atomic E-state index is 0.00937. The van der Waals surface area contributed by atoms with Crippen LogP contribution in [0.2, 0.25) is 6.04 Å². The first-order valence-corrected chi connectivity index (χ1v) is 9.22. The second-order valence-electron chi connectivity index (χ2n) is 4.04. The summed E-state index contributed by atoms with van der Waals surface area (Å²) in [5.41, 5.74) is 0. The fourth-order valence-electron chi connectivity index (χ4n) is 1.17. The van der Waals surface area contributed by atoms with E-state index in [1.54, 1.807) is 0 Å². The summed E-state index contributed by atoms with van der Waals surface area (Å²) in [7, 11) is -8.72. The van der Waals surface area contributed by atoms with Gasteiger partial charge in [-0.3, -0.25) is 4.18 Å². The fourth-order valence-corrected chi connectivity index (χ4v) is 2.08. The van der Waals surface area contributed by atoms with Gasteiger partial charge >= 0.3 is 8.80 Å². The third kappa shape index (κ3) is 15.9. The topological polar surface area (TPSA) is 169 Å². The SMILES string of the molecule is O=S(=O)([O-])OCCNCC(O)COCCC[Si](O)(O)O. The van der Waals surface area contributed by atoms with Gasteiger partial charge in [0.1, 0.15) is 0 Å². The Kier molecular flexibility index (Phi) is 9.65. The smallest absolute Gasteiger partial charge is 0.492 e. The van der Waals surface area contributed by atoms with Crippen molar-refractivity contribution in [2.45, 2.75) is 18.6 Å². The van der Waals surface area contributed by atoms with E-state index in [4.69, 9.17) is 19.1 Å². The lowest BCUT2D eigenvalue weighted by Gasteiger charge is -2.13. The Balaban J connectivity index is 3.40. The van der Waals surface area contributed by atoms with Crippen LogP contribution in [0, 0.1) is 0 Å². The van der Waals surface area contributed by atoms with Crippen molar-refractivity contribution in [1.29, 1.82) is 0 Å². The number of ether oxygens (including phenoxy) is 1. The molecule has 0 saturated carbocycles. The second kappa shape index (κ2) is 9.72. The molecule has 12 heteroatoms. The Labute approximate surface area is 118 Å². The molecule has 0 rings (SSSR count). The van der Waals surface area contributed by atoms with Crippen LogP contribution in [-0.2, 0) is 19.3 Å². The molecule has 0 aromatic rings. The van der Waals surface area contributed by atoms with Gasteiger partial charge in [-0.2, -0.15) is 0 Å². The minimum Gasteiger partial charge on any atom is -0.726 e. The van der Waals surface area contributed by atoms with Crippen molar-refractivity contribution in [2.24, 2.45) is 0 Å². The van der Waals surface area contributed by atoms with Crippen LogP contribution in [0.25, 0.3) is 0 Å². The Morgan fingerprint density at radius 3 is 2.45 bits per heavy atom. The van der Waals surface area contributed by atoms with E-state index in [1.807, 2.05) is 0 Å². The van der Waals surface area contributed by atoms with E-state index in [0.717, 1.165) is 0 Å². The third-order valence-electron chi connectivity index (χ3n) is 2.00. The van der Waals surface area contributed by atoms with E-state index in [0.29, 0.717) is 0 Å². The summed E-state index contributed by atoms with van der Waals surface area (Å²) >= 11 is 0. The van der Waals surface area contributed by atoms with Crippen LogP contribution in [0.4, 0.5) is 0 Å². The van der Waals surface area contributed by atoms with Crippen molar-refractivity contribution in [3.05, 3.63) is 0 Å². The molecule has 0 aliphatic heterocycles. The molecule has 10 nitrogen and oxygen atoms in total. The van der Waals surface area contributed by atoms with Gasteiger partial charge in [0, 0.05) is 25.7 Å². The largest absolute Gasteiger partial charge is 0.726 e. The van der Waals surface area contributed by atoms with Crippen molar-refractivity contribution < 1.29 is 41.4 Å². The van der Waals surface area contributed by atoms with E-state index in [1.165, 1.54) is 0 Å². The molecular formula is C8H20NO9SSi-. The molecule has 0 aliphatic rings. The summed E-state index contributed by atoms with van der Waals surface area (Å²) in [4.78, 5) is 26.1. The highest BCUT2D eigenvalue weighted by molar-refractivity contribution is 7.80. The number of hydrogen-bond donors (Lipinski definition) is 5. The zero-order valence-corrected chi connectivity index (χ0v) is 12.6. The maximum atomic E-state index is 10.1. The lowest BCUT2D eigenvalue weighted by Crippen LogP contribution is -2.35. The molecule has 20 heavy (non-hydrogen) atoms. The quantitative estimate of drug-likeness (QED) is 0.106. The van der Waals surface area contributed by atoms with Crippen LogP contribution < -0.4 is 5.32 Å². The van der Waals surface area contributed by atoms with Crippen LogP contribution in [0.3, 0.4) is 0 Å². The van der Waals surface area contributed by atoms with Crippen LogP contribution in [0.15, 0.2) is 0 Å². The van der Waals surface area contributed by atoms with Gasteiger partial charge in [0.15, 0.2) is 0 Å². The van der Waals surface area contributed by atoms with Gasteiger partial charge in [-0.25, -0.2) is 8.42 Å². The minimum atomic E-state index is -4.69. The van der Waals surface area contributed by atoms with Gasteiger partial charge in [-0.15, -0.1) is 0 Å². The highest BCUT2D eigenvalue weighted by atomic mass is 32.3. The zero-order valence-electron chi connectivity index (χ0n) is 10.8. The predicted octanol–water partition coefficient (Wildman–Crippen LogP) is -3.26. The van der Waals surface area contributed by atoms with Gasteiger partial charge < -0.3 is 34.1 Å². The average Bonchev–Trinajstić information content (AvgIpc) is 2.25. The summed E-state index contributed by atoms with van der Waals surface area (Å²) in [6.07, 6.45) is -0.594. The first-order valence-electron chi connectivity index (χ1n) is 5.84. The maximum absolute atomic E-state index is 10.1. The Morgan fingerprint density at radius 2 is 1.90 bits per heavy atom. The zero-order chi connectivity index (χ0) is 15.6. The van der Waals surface area contributed by atoms with E-state index in [2.05, 4.69) is 9.50 Å². The number of aliphatic hydroxyl groups is 1. The van der Waals surface area contributed by atoms with Crippen molar-refractivity contribution in [3.8, 4) is 0 Å². The maximum Gasteiger partial charge on any atom is 0.492 e. The lowest BCUT2D eigenvalue weighted by molar-refractivity contribution is 0.0360. The van der Waals surface area contributed by atoms with Crippen LogP contribution in [0.1, 0.15) is 6.42 Å². The standard InChI is InChI=1S/C8H21NO9SSi/c10-8(6-9-2-4-18-19(11,12)13)7-17-3-1-5-20(14,15)16/h8-10,14-16H,1-7H2,(H,11,12,13)/p-1. The molecule has 0 aromatic carbocycles. The normalized spacial score (nSPS) is 14.4. The molecule has 0 spiro atoms. The molecule has 0 amide bonds. The van der Waals surface area contributed by atoms with Crippen molar-refractivity contribution >= 4 is 19.2 Å². The van der Waals surface area contributed by atoms with E-state index >= 15 is 0 Å². The molecule has 1 atom stereocenters. The predicted molar refractivity (Wildman–Crippen MR) is 67.2 cm³/mol. The van der Waals surface area contributed by atoms with Gasteiger partial charge in [0.2, 0.25) is 10.4 Å². The van der Waals surface area contributed by atoms with Gasteiger partial charge in [0.25, 0.3) is 0 Å². The first kappa shape index (κ1) is 19.8. The third-order valence-corrected chi connectivity index (χ3v) is 3.48. The van der Waals surface area contributed by atoms with Crippen molar-refractivity contribution in [2.75, 3.05) is 32.9 Å². The molecule has 0 fully saturated rings. The molecule has 0 radical (unpaired) electrons. The summed E-state index contributed by atoms with van der Waals surface area (Å²) in [5, 5.41) is 12.1. The van der Waals surface area contributed by atoms with Crippen LogP contribution in [-0.4, -0.2) is 80.3 Å². The number of nitrogens with one attached hydrogen (secondary N) is 1. The van der Waals surface area contributed by atoms with Gasteiger partial charge in [-0.05, 0) is 6.42 Å². The van der Waals surface area contributed by atoms with E-state index in [9.17, 15) is 18.1 Å². The van der Waals surface area contributed by atoms with Gasteiger partial charge in [-0.1, -0.05) is 0 Å². The molecule has 0 heterocycles. The fraction of sp³-hybridized carbons (Fsp3) is 1.00. The summed E-state index contributed by atoms with van der Waals surface area (Å²) in [5.74, 6) is 0. The van der Waals surface area contributed by atoms with E-state index in [-0.39, 0.29) is 45.4 Å². The molecule has 1 unspecified atom stereocenters. The first-order chi connectivity index (χ1) is 9.10. The number of aliphatic hydroxyl groups excluding tert-OH is 1. The molecule has 122 valence electrons.